The quantitative estimate of drug-likeness (QED) is 0.837. The Morgan fingerprint density at radius 1 is 1.29 bits per heavy atom. The van der Waals surface area contributed by atoms with Crippen molar-refractivity contribution in [2.75, 3.05) is 26.2 Å². The topological polar surface area (TPSA) is 32.8 Å². The van der Waals surface area contributed by atoms with Gasteiger partial charge in [-0.05, 0) is 55.8 Å². The number of likely N-dealkylation sites (N-methyl/N-ethyl adjacent to an activating group) is 1. The third-order valence-electron chi connectivity index (χ3n) is 6.02. The average molecular weight is 349 g/mol. The molecule has 24 heavy (non-hydrogen) atoms. The summed E-state index contributed by atoms with van der Waals surface area (Å²) in [5, 5.41) is 2.13. The third kappa shape index (κ3) is 3.02. The maximum atomic E-state index is 13.0. The van der Waals surface area contributed by atoms with Crippen LogP contribution in [0.2, 0.25) is 0 Å². The maximum absolute atomic E-state index is 13.0. The van der Waals surface area contributed by atoms with Crippen LogP contribution in [0.4, 0.5) is 0 Å². The van der Waals surface area contributed by atoms with Crippen molar-refractivity contribution in [2.45, 2.75) is 63.6 Å². The number of thiophene rings is 1. The summed E-state index contributed by atoms with van der Waals surface area (Å²) in [6.07, 6.45) is 6.33. The average Bonchev–Trinajstić information content (AvgIpc) is 3.33. The van der Waals surface area contributed by atoms with Crippen LogP contribution in [0.5, 0.6) is 0 Å². The van der Waals surface area contributed by atoms with Crippen LogP contribution in [0.1, 0.15) is 55.6 Å². The molecule has 2 fully saturated rings. The van der Waals surface area contributed by atoms with Gasteiger partial charge in [-0.1, -0.05) is 6.92 Å². The van der Waals surface area contributed by atoms with Crippen LogP contribution in [0.3, 0.4) is 0 Å². The highest BCUT2D eigenvalue weighted by molar-refractivity contribution is 7.10. The van der Waals surface area contributed by atoms with E-state index in [4.69, 9.17) is 4.74 Å². The Hall–Kier alpha value is -0.910. The molecule has 4 nitrogen and oxygen atoms in total. The first-order valence-corrected chi connectivity index (χ1v) is 10.4. The van der Waals surface area contributed by atoms with E-state index in [2.05, 4.69) is 28.2 Å². The van der Waals surface area contributed by atoms with E-state index in [-0.39, 0.29) is 6.10 Å². The van der Waals surface area contributed by atoms with E-state index in [1.54, 1.807) is 11.3 Å². The van der Waals surface area contributed by atoms with E-state index >= 15 is 0 Å². The Kier molecular flexibility index (Phi) is 4.93. The minimum atomic E-state index is -0.0281. The third-order valence-corrected chi connectivity index (χ3v) is 7.02. The molecule has 3 aliphatic heterocycles. The van der Waals surface area contributed by atoms with E-state index in [1.807, 2.05) is 0 Å². The van der Waals surface area contributed by atoms with Gasteiger partial charge in [0, 0.05) is 29.9 Å². The first kappa shape index (κ1) is 16.6. The lowest BCUT2D eigenvalue weighted by Gasteiger charge is -2.35. The normalized spacial score (nSPS) is 30.7. The summed E-state index contributed by atoms with van der Waals surface area (Å²) >= 11 is 1.80. The molecule has 1 aromatic heterocycles. The predicted octanol–water partition coefficient (Wildman–Crippen LogP) is 3.23. The van der Waals surface area contributed by atoms with Gasteiger partial charge in [0.25, 0.3) is 0 Å². The van der Waals surface area contributed by atoms with Gasteiger partial charge in [-0.15, -0.1) is 11.3 Å². The predicted molar refractivity (Wildman–Crippen MR) is 96.3 cm³/mol. The summed E-state index contributed by atoms with van der Waals surface area (Å²) < 4.78 is 5.94. The summed E-state index contributed by atoms with van der Waals surface area (Å²) in [7, 11) is 0. The summed E-state index contributed by atoms with van der Waals surface area (Å²) in [6.45, 7) is 6.23. The number of hydrogen-bond acceptors (Lipinski definition) is 4. The molecule has 0 spiro atoms. The first-order valence-electron chi connectivity index (χ1n) is 9.49. The van der Waals surface area contributed by atoms with E-state index in [0.29, 0.717) is 24.4 Å². The fraction of sp³-hybridized carbons (Fsp3) is 0.737. The minimum absolute atomic E-state index is 0.0281. The molecule has 2 saturated heterocycles. The highest BCUT2D eigenvalue weighted by Gasteiger charge is 2.39. The molecule has 4 heterocycles. The summed E-state index contributed by atoms with van der Waals surface area (Å²) in [5.74, 6) is 0.296. The molecule has 0 aliphatic carbocycles. The van der Waals surface area contributed by atoms with Crippen LogP contribution in [0.25, 0.3) is 0 Å². The molecule has 3 atom stereocenters. The number of rotatable bonds is 4. The number of ether oxygens (including phenoxy) is 1. The summed E-state index contributed by atoms with van der Waals surface area (Å²) in [5.41, 5.74) is 1.26. The Labute approximate surface area is 148 Å². The lowest BCUT2D eigenvalue weighted by Crippen LogP contribution is -2.48. The van der Waals surface area contributed by atoms with Gasteiger partial charge in [0.15, 0.2) is 0 Å². The van der Waals surface area contributed by atoms with Crippen molar-refractivity contribution in [1.29, 1.82) is 0 Å². The van der Waals surface area contributed by atoms with Crippen LogP contribution in [-0.2, 0) is 16.0 Å². The van der Waals surface area contributed by atoms with Crippen molar-refractivity contribution in [1.82, 2.24) is 9.80 Å². The standard InChI is InChI=1S/C19H28N2O2S/c1-2-20-9-3-5-15(20)16-6-4-10-21(16)19(22)13-17-14-8-12-24-18(14)7-11-23-17/h8,12,15-17H,2-7,9-11,13H2,1H3/t15-,16+,17-/m1/s1. The van der Waals surface area contributed by atoms with Crippen molar-refractivity contribution >= 4 is 17.2 Å². The van der Waals surface area contributed by atoms with Crippen molar-refractivity contribution in [3.05, 3.63) is 21.9 Å². The molecule has 0 aromatic carbocycles. The van der Waals surface area contributed by atoms with Crippen LogP contribution in [0, 0.1) is 0 Å². The van der Waals surface area contributed by atoms with E-state index < -0.39 is 0 Å². The molecule has 132 valence electrons. The number of amides is 1. The second-order valence-electron chi connectivity index (χ2n) is 7.25. The maximum Gasteiger partial charge on any atom is 0.225 e. The largest absolute Gasteiger partial charge is 0.373 e. The zero-order chi connectivity index (χ0) is 16.5. The van der Waals surface area contributed by atoms with Gasteiger partial charge in [0.2, 0.25) is 5.91 Å². The SMILES string of the molecule is CCN1CCC[C@@H]1[C@@H]1CCCN1C(=O)C[C@H]1OCCc2sccc21. The number of likely N-dealkylation sites (tertiary alicyclic amines) is 2. The van der Waals surface area contributed by atoms with Gasteiger partial charge < -0.3 is 9.64 Å². The molecular weight excluding hydrogens is 320 g/mol. The lowest BCUT2D eigenvalue weighted by atomic mass is 10.0. The fourth-order valence-electron chi connectivity index (χ4n) is 4.85. The number of carbonyl (C=O) groups excluding carboxylic acids is 1. The lowest BCUT2D eigenvalue weighted by molar-refractivity contribution is -0.136. The second kappa shape index (κ2) is 7.14. The molecule has 0 radical (unpaired) electrons. The van der Waals surface area contributed by atoms with Crippen LogP contribution < -0.4 is 0 Å². The summed E-state index contributed by atoms with van der Waals surface area (Å²) in [6, 6.07) is 3.14. The molecule has 1 amide bonds. The molecular formula is C19H28N2O2S. The van der Waals surface area contributed by atoms with E-state index in [1.165, 1.54) is 36.2 Å². The molecule has 0 saturated carbocycles. The zero-order valence-corrected chi connectivity index (χ0v) is 15.4. The van der Waals surface area contributed by atoms with Crippen LogP contribution >= 0.6 is 11.3 Å². The Morgan fingerprint density at radius 2 is 2.12 bits per heavy atom. The molecule has 0 unspecified atom stereocenters. The van der Waals surface area contributed by atoms with Crippen molar-refractivity contribution in [3.63, 3.8) is 0 Å². The number of hydrogen-bond donors (Lipinski definition) is 0. The fourth-order valence-corrected chi connectivity index (χ4v) is 5.77. The highest BCUT2D eigenvalue weighted by atomic mass is 32.1. The van der Waals surface area contributed by atoms with E-state index in [9.17, 15) is 4.79 Å². The second-order valence-corrected chi connectivity index (χ2v) is 8.25. The van der Waals surface area contributed by atoms with Crippen LogP contribution in [0.15, 0.2) is 11.4 Å². The Morgan fingerprint density at radius 3 is 3.00 bits per heavy atom. The van der Waals surface area contributed by atoms with Gasteiger partial charge >= 0.3 is 0 Å². The number of carbonyl (C=O) groups is 1. The van der Waals surface area contributed by atoms with Crippen molar-refractivity contribution < 1.29 is 9.53 Å². The Bertz CT molecular complexity index is 588. The number of nitrogens with zero attached hydrogens (tertiary/aromatic N) is 2. The van der Waals surface area contributed by atoms with Gasteiger partial charge in [0.05, 0.1) is 19.1 Å². The molecule has 0 bridgehead atoms. The van der Waals surface area contributed by atoms with Gasteiger partial charge in [-0.25, -0.2) is 0 Å². The highest BCUT2D eigenvalue weighted by Crippen LogP contribution is 2.35. The number of fused-ring (bicyclic) bond motifs is 1. The van der Waals surface area contributed by atoms with Gasteiger partial charge in [-0.2, -0.15) is 0 Å². The summed E-state index contributed by atoms with van der Waals surface area (Å²) in [4.78, 5) is 19.2. The molecule has 1 aromatic rings. The van der Waals surface area contributed by atoms with Gasteiger partial charge in [0.1, 0.15) is 0 Å². The minimum Gasteiger partial charge on any atom is -0.373 e. The molecule has 5 heteroatoms. The molecule has 0 N–H and O–H groups in total. The van der Waals surface area contributed by atoms with Gasteiger partial charge in [-0.3, -0.25) is 9.69 Å². The Balaban J connectivity index is 1.44. The zero-order valence-electron chi connectivity index (χ0n) is 14.6. The smallest absolute Gasteiger partial charge is 0.225 e. The molecule has 3 aliphatic rings. The molecule has 4 rings (SSSR count). The van der Waals surface area contributed by atoms with E-state index in [0.717, 1.165) is 32.5 Å². The van der Waals surface area contributed by atoms with Crippen LogP contribution in [-0.4, -0.2) is 54.0 Å². The van der Waals surface area contributed by atoms with Crippen molar-refractivity contribution in [2.24, 2.45) is 0 Å². The monoisotopic (exact) mass is 348 g/mol. The first-order chi connectivity index (χ1) is 11.8. The van der Waals surface area contributed by atoms with Crippen molar-refractivity contribution in [3.8, 4) is 0 Å².